The Balaban J connectivity index is -0.000000183. The zero-order valence-corrected chi connectivity index (χ0v) is 14.7. The molecule has 0 saturated heterocycles. The van der Waals surface area contributed by atoms with Crippen LogP contribution in [0, 0.1) is 13.8 Å². The van der Waals surface area contributed by atoms with E-state index in [1.807, 2.05) is 0 Å². The van der Waals surface area contributed by atoms with Crippen LogP contribution in [0.1, 0.15) is 25.6 Å². The van der Waals surface area contributed by atoms with E-state index in [0.717, 1.165) is 6.92 Å². The first-order valence-electron chi connectivity index (χ1n) is 4.34. The number of carboxylic acid groups (broad SMARTS) is 1. The first kappa shape index (κ1) is 22.5. The third-order valence-corrected chi connectivity index (χ3v) is 0.787. The van der Waals surface area contributed by atoms with Gasteiger partial charge in [0, 0.05) is 51.1 Å². The average molecular weight is 486 g/mol. The van der Waals surface area contributed by atoms with Gasteiger partial charge < -0.3 is 20.6 Å². The maximum absolute atomic E-state index is 9.00. The summed E-state index contributed by atoms with van der Waals surface area (Å²) in [6.45, 7) is 6.14. The SMILES string of the molecule is C/C(N)=N/O.CC(=O)O.Cc1noc(C)n1.II. The van der Waals surface area contributed by atoms with Crippen LogP contribution in [0.15, 0.2) is 9.68 Å². The number of carboxylic acids is 1. The molecule has 0 amide bonds. The Morgan fingerprint density at radius 2 is 1.72 bits per heavy atom. The van der Waals surface area contributed by atoms with Gasteiger partial charge in [0.25, 0.3) is 5.97 Å². The van der Waals surface area contributed by atoms with Gasteiger partial charge in [0.2, 0.25) is 5.89 Å². The van der Waals surface area contributed by atoms with E-state index >= 15 is 0 Å². The summed E-state index contributed by atoms with van der Waals surface area (Å²) < 4.78 is 4.60. The second-order valence-electron chi connectivity index (χ2n) is 2.62. The van der Waals surface area contributed by atoms with Crippen LogP contribution >= 0.6 is 37.2 Å². The van der Waals surface area contributed by atoms with E-state index in [2.05, 4.69) is 57.1 Å². The van der Waals surface area contributed by atoms with Gasteiger partial charge in [0.1, 0.15) is 5.84 Å². The molecule has 0 atom stereocenters. The maximum Gasteiger partial charge on any atom is 0.300 e. The normalized spacial score (nSPS) is 8.67. The fraction of sp³-hybridized carbons (Fsp3) is 0.500. The van der Waals surface area contributed by atoms with Crippen LogP contribution in [0.25, 0.3) is 0 Å². The molecule has 0 radical (unpaired) electrons. The highest BCUT2D eigenvalue weighted by Gasteiger charge is 1.89. The number of rotatable bonds is 0. The molecular formula is C8H16I2N4O4. The fourth-order valence-corrected chi connectivity index (χ4v) is 0.401. The number of halogens is 2. The van der Waals surface area contributed by atoms with Crippen molar-refractivity contribution < 1.29 is 19.6 Å². The van der Waals surface area contributed by atoms with Gasteiger partial charge in [-0.05, 0) is 13.8 Å². The van der Waals surface area contributed by atoms with Crippen LogP contribution in [0.2, 0.25) is 0 Å². The molecule has 0 bridgehead atoms. The Labute approximate surface area is 128 Å². The van der Waals surface area contributed by atoms with Crippen molar-refractivity contribution in [3.63, 3.8) is 0 Å². The summed E-state index contributed by atoms with van der Waals surface area (Å²) in [6, 6.07) is 0. The van der Waals surface area contributed by atoms with E-state index in [9.17, 15) is 0 Å². The van der Waals surface area contributed by atoms with E-state index in [-0.39, 0.29) is 5.84 Å². The monoisotopic (exact) mass is 486 g/mol. The predicted molar refractivity (Wildman–Crippen MR) is 84.2 cm³/mol. The summed E-state index contributed by atoms with van der Waals surface area (Å²) >= 11 is 4.24. The lowest BCUT2D eigenvalue weighted by atomic mass is 10.7. The van der Waals surface area contributed by atoms with E-state index in [4.69, 9.17) is 20.8 Å². The summed E-state index contributed by atoms with van der Waals surface area (Å²) in [7, 11) is 0. The number of carbonyl (C=O) groups is 1. The van der Waals surface area contributed by atoms with Crippen LogP contribution < -0.4 is 5.73 Å². The molecule has 4 N–H and O–H groups in total. The average Bonchev–Trinajstić information content (AvgIpc) is 2.65. The number of nitrogens with zero attached hydrogens (tertiary/aromatic N) is 3. The predicted octanol–water partition coefficient (Wildman–Crippen LogP) is 2.30. The van der Waals surface area contributed by atoms with Crippen LogP contribution in [-0.2, 0) is 4.79 Å². The topological polar surface area (TPSA) is 135 Å². The van der Waals surface area contributed by atoms with Gasteiger partial charge in [0.05, 0.1) is 0 Å². The Morgan fingerprint density at radius 3 is 1.78 bits per heavy atom. The van der Waals surface area contributed by atoms with E-state index < -0.39 is 5.97 Å². The molecule has 0 aliphatic rings. The standard InChI is InChI=1S/C4H6N2O.C2H6N2O.C2H4O2.I2/c1-3-5-4(2)7-6-3;1-2(3)4-5;1-2(3)4;1-2/h1-2H3;5H,1H3,(H2,3,4);1H3,(H,3,4);. The smallest absolute Gasteiger partial charge is 0.300 e. The molecule has 0 unspecified atom stereocenters. The fourth-order valence-electron chi connectivity index (χ4n) is 0.401. The maximum atomic E-state index is 9.00. The molecule has 18 heavy (non-hydrogen) atoms. The number of hydrogen-bond donors (Lipinski definition) is 3. The molecule has 10 heteroatoms. The van der Waals surface area contributed by atoms with Crippen LogP contribution in [-0.4, -0.2) is 32.3 Å². The first-order valence-corrected chi connectivity index (χ1v) is 10.6. The molecule has 0 saturated carbocycles. The molecule has 1 aromatic heterocycles. The van der Waals surface area contributed by atoms with Crippen molar-refractivity contribution >= 4 is 49.0 Å². The number of aryl methyl sites for hydroxylation is 2. The Kier molecular flexibility index (Phi) is 20.4. The summed E-state index contributed by atoms with van der Waals surface area (Å²) in [6.07, 6.45) is 0. The number of oxime groups is 1. The van der Waals surface area contributed by atoms with Gasteiger partial charge in [-0.3, -0.25) is 4.79 Å². The first-order chi connectivity index (χ1) is 8.29. The summed E-state index contributed by atoms with van der Waals surface area (Å²) in [5.41, 5.74) is 4.79. The lowest BCUT2D eigenvalue weighted by Crippen LogP contribution is -2.03. The van der Waals surface area contributed by atoms with Crippen LogP contribution in [0.4, 0.5) is 0 Å². The number of hydrogen-bond acceptors (Lipinski definition) is 6. The minimum Gasteiger partial charge on any atom is -0.481 e. The van der Waals surface area contributed by atoms with E-state index in [1.165, 1.54) is 6.92 Å². The molecule has 0 aromatic carbocycles. The number of amidine groups is 1. The van der Waals surface area contributed by atoms with Crippen molar-refractivity contribution in [1.29, 1.82) is 0 Å². The van der Waals surface area contributed by atoms with Crippen LogP contribution in [0.5, 0.6) is 0 Å². The molecule has 0 aliphatic heterocycles. The largest absolute Gasteiger partial charge is 0.481 e. The van der Waals surface area contributed by atoms with Gasteiger partial charge in [-0.1, -0.05) is 10.3 Å². The van der Waals surface area contributed by atoms with Crippen molar-refractivity contribution in [2.45, 2.75) is 27.7 Å². The molecule has 0 fully saturated rings. The van der Waals surface area contributed by atoms with Gasteiger partial charge in [0.15, 0.2) is 5.82 Å². The van der Waals surface area contributed by atoms with Crippen molar-refractivity contribution in [2.24, 2.45) is 10.9 Å². The highest BCUT2D eigenvalue weighted by Crippen LogP contribution is 1.89. The molecule has 106 valence electrons. The minimum atomic E-state index is -0.833. The number of aromatic nitrogens is 2. The Hall–Kier alpha value is -0.660. The third-order valence-electron chi connectivity index (χ3n) is 0.787. The number of aliphatic carboxylic acids is 1. The highest BCUT2D eigenvalue weighted by molar-refractivity contribution is 15.0. The molecule has 0 spiro atoms. The van der Waals surface area contributed by atoms with Crippen molar-refractivity contribution in [1.82, 2.24) is 10.1 Å². The second kappa shape index (κ2) is 16.3. The van der Waals surface area contributed by atoms with Gasteiger partial charge >= 0.3 is 0 Å². The van der Waals surface area contributed by atoms with Gasteiger partial charge in [-0.25, -0.2) is 0 Å². The highest BCUT2D eigenvalue weighted by atomic mass is 128. The van der Waals surface area contributed by atoms with E-state index in [0.29, 0.717) is 11.7 Å². The second-order valence-corrected chi connectivity index (χ2v) is 2.62. The molecule has 8 nitrogen and oxygen atoms in total. The van der Waals surface area contributed by atoms with Gasteiger partial charge in [-0.2, -0.15) is 4.98 Å². The van der Waals surface area contributed by atoms with Gasteiger partial charge in [-0.15, -0.1) is 0 Å². The van der Waals surface area contributed by atoms with E-state index in [1.54, 1.807) is 13.8 Å². The molecular weight excluding hydrogens is 470 g/mol. The number of nitrogens with two attached hydrogens (primary N) is 1. The summed E-state index contributed by atoms with van der Waals surface area (Å²) in [5.74, 6) is 0.667. The van der Waals surface area contributed by atoms with Crippen molar-refractivity contribution in [3.05, 3.63) is 11.7 Å². The molecule has 1 aromatic rings. The molecule has 1 heterocycles. The third kappa shape index (κ3) is 29.5. The summed E-state index contributed by atoms with van der Waals surface area (Å²) in [5, 5.41) is 21.1. The summed E-state index contributed by atoms with van der Waals surface area (Å²) in [4.78, 5) is 12.8. The van der Waals surface area contributed by atoms with Crippen molar-refractivity contribution in [2.75, 3.05) is 0 Å². The quantitative estimate of drug-likeness (QED) is 0.169. The minimum absolute atomic E-state index is 0.185. The Bertz CT molecular complexity index is 319. The zero-order chi connectivity index (χ0) is 15.1. The van der Waals surface area contributed by atoms with Crippen molar-refractivity contribution in [3.8, 4) is 0 Å². The lowest BCUT2D eigenvalue weighted by Gasteiger charge is -1.73. The Morgan fingerprint density at radius 1 is 1.39 bits per heavy atom. The lowest BCUT2D eigenvalue weighted by molar-refractivity contribution is -0.134. The van der Waals surface area contributed by atoms with Crippen LogP contribution in [0.3, 0.4) is 0 Å². The zero-order valence-electron chi connectivity index (χ0n) is 10.4. The molecule has 0 aliphatic carbocycles. The molecule has 1 rings (SSSR count).